The normalized spacial score (nSPS) is 11.4. The van der Waals surface area contributed by atoms with Crippen LogP contribution in [0.15, 0.2) is 6.07 Å². The Balaban J connectivity index is 3.19. The van der Waals surface area contributed by atoms with Crippen molar-refractivity contribution in [3.05, 3.63) is 20.9 Å². The van der Waals surface area contributed by atoms with Gasteiger partial charge in [0.05, 0.1) is 0 Å². The molecule has 0 unspecified atom stereocenters. The molecular weight excluding hydrogens is 361 g/mol. The maximum Gasteiger partial charge on any atom is 0.574 e. The van der Waals surface area contributed by atoms with Gasteiger partial charge >= 0.3 is 6.36 Å². The number of nitrogens with zero attached hydrogens (tertiary/aromatic N) is 1. The Hall–Kier alpha value is -0.570. The number of carbonyl (C=O) groups is 1. The first kappa shape index (κ1) is 13.5. The molecule has 0 bridgehead atoms. The fraction of sp³-hybridized carbons (Fsp3) is 0.250. The lowest BCUT2D eigenvalue weighted by atomic mass is 10.2. The van der Waals surface area contributed by atoms with Crippen LogP contribution in [-0.4, -0.2) is 16.6 Å². The zero-order valence-corrected chi connectivity index (χ0v) is 10.6. The number of hydrogen-bond acceptors (Lipinski definition) is 3. The first-order valence-electron chi connectivity index (χ1n) is 3.83. The van der Waals surface area contributed by atoms with Gasteiger partial charge in [0.25, 0.3) is 5.24 Å². The van der Waals surface area contributed by atoms with E-state index in [0.717, 1.165) is 6.07 Å². The van der Waals surface area contributed by atoms with E-state index >= 15 is 0 Å². The van der Waals surface area contributed by atoms with E-state index in [-0.39, 0.29) is 9.26 Å². The number of carbonyl (C=O) groups excluding carboxylic acids is 1. The number of halogens is 5. The first-order valence-corrected chi connectivity index (χ1v) is 5.29. The van der Waals surface area contributed by atoms with Crippen LogP contribution in [0.25, 0.3) is 0 Å². The molecular formula is C8H4ClF3INO2. The Morgan fingerprint density at radius 3 is 2.56 bits per heavy atom. The molecule has 0 aliphatic rings. The van der Waals surface area contributed by atoms with Crippen molar-refractivity contribution in [1.29, 1.82) is 0 Å². The molecule has 1 rings (SSSR count). The minimum absolute atomic E-state index is 0.0553. The summed E-state index contributed by atoms with van der Waals surface area (Å²) >= 11 is 6.91. The van der Waals surface area contributed by atoms with Gasteiger partial charge in [-0.05, 0) is 46.7 Å². The molecule has 0 saturated heterocycles. The molecule has 0 spiro atoms. The number of rotatable bonds is 2. The molecule has 1 aromatic rings. The average molecular weight is 365 g/mol. The van der Waals surface area contributed by atoms with E-state index in [1.165, 1.54) is 6.92 Å². The second-order valence-electron chi connectivity index (χ2n) is 2.75. The highest BCUT2D eigenvalue weighted by molar-refractivity contribution is 14.1. The third kappa shape index (κ3) is 3.48. The van der Waals surface area contributed by atoms with Gasteiger partial charge in [0.15, 0.2) is 0 Å². The summed E-state index contributed by atoms with van der Waals surface area (Å²) in [6.45, 7) is 1.53. The predicted octanol–water partition coefficient (Wildman–Crippen LogP) is 3.27. The summed E-state index contributed by atoms with van der Waals surface area (Å²) < 4.78 is 39.6. The van der Waals surface area contributed by atoms with Gasteiger partial charge in [-0.1, -0.05) is 0 Å². The van der Waals surface area contributed by atoms with Crippen molar-refractivity contribution in [2.24, 2.45) is 0 Å². The Labute approximate surface area is 107 Å². The fourth-order valence-corrected chi connectivity index (χ4v) is 1.66. The smallest absolute Gasteiger partial charge is 0.388 e. The van der Waals surface area contributed by atoms with Gasteiger partial charge in [-0.15, -0.1) is 13.2 Å². The third-order valence-corrected chi connectivity index (χ3v) is 2.88. The van der Waals surface area contributed by atoms with E-state index in [9.17, 15) is 18.0 Å². The zero-order valence-electron chi connectivity index (χ0n) is 7.73. The van der Waals surface area contributed by atoms with Crippen molar-refractivity contribution in [2.45, 2.75) is 13.3 Å². The molecule has 0 saturated carbocycles. The molecule has 1 heterocycles. The third-order valence-electron chi connectivity index (χ3n) is 1.62. The minimum atomic E-state index is -4.85. The number of hydrogen-bond donors (Lipinski definition) is 0. The van der Waals surface area contributed by atoms with Crippen molar-refractivity contribution in [1.82, 2.24) is 4.98 Å². The van der Waals surface area contributed by atoms with Gasteiger partial charge in [0.1, 0.15) is 3.70 Å². The maximum atomic E-state index is 11.9. The van der Waals surface area contributed by atoms with Crippen LogP contribution in [0.5, 0.6) is 5.88 Å². The van der Waals surface area contributed by atoms with Crippen LogP contribution in [0.1, 0.15) is 15.9 Å². The van der Waals surface area contributed by atoms with Crippen LogP contribution in [0.2, 0.25) is 0 Å². The Morgan fingerprint density at radius 2 is 2.12 bits per heavy atom. The van der Waals surface area contributed by atoms with E-state index in [2.05, 4.69) is 9.72 Å². The second kappa shape index (κ2) is 4.74. The maximum absolute atomic E-state index is 11.9. The minimum Gasteiger partial charge on any atom is -0.388 e. The number of alkyl halides is 3. The summed E-state index contributed by atoms with van der Waals surface area (Å²) in [5, 5.41) is -0.857. The van der Waals surface area contributed by atoms with Gasteiger partial charge in [-0.3, -0.25) is 4.79 Å². The summed E-state index contributed by atoms with van der Waals surface area (Å²) in [6, 6.07) is 0.861. The van der Waals surface area contributed by atoms with Gasteiger partial charge in [0.2, 0.25) is 5.88 Å². The molecule has 0 atom stereocenters. The first-order chi connectivity index (χ1) is 7.20. The quantitative estimate of drug-likeness (QED) is 0.459. The lowest BCUT2D eigenvalue weighted by molar-refractivity contribution is -0.276. The van der Waals surface area contributed by atoms with Crippen molar-refractivity contribution in [3.8, 4) is 5.88 Å². The molecule has 8 heteroatoms. The molecule has 0 radical (unpaired) electrons. The molecule has 0 aliphatic carbocycles. The van der Waals surface area contributed by atoms with Crippen LogP contribution < -0.4 is 4.74 Å². The van der Waals surface area contributed by atoms with Crippen LogP contribution in [0.3, 0.4) is 0 Å². The molecule has 0 amide bonds. The van der Waals surface area contributed by atoms with Crippen LogP contribution in [-0.2, 0) is 0 Å². The standard InChI is InChI=1S/C8H4ClF3INO2/c1-3-4(6(9)15)2-5(14-7(3)13)16-8(10,11)12/h2H,1H3. The number of pyridine rings is 1. The van der Waals surface area contributed by atoms with Crippen molar-refractivity contribution in [3.63, 3.8) is 0 Å². The summed E-state index contributed by atoms with van der Waals surface area (Å²) in [5.41, 5.74) is 0.357. The largest absolute Gasteiger partial charge is 0.574 e. The van der Waals surface area contributed by atoms with E-state index in [1.807, 2.05) is 0 Å². The van der Waals surface area contributed by atoms with Gasteiger partial charge in [-0.2, -0.15) is 0 Å². The van der Waals surface area contributed by atoms with E-state index < -0.39 is 17.5 Å². The monoisotopic (exact) mass is 365 g/mol. The Bertz CT molecular complexity index is 436. The zero-order chi connectivity index (χ0) is 12.5. The summed E-state index contributed by atoms with van der Waals surface area (Å²) in [4.78, 5) is 14.5. The highest BCUT2D eigenvalue weighted by Gasteiger charge is 2.32. The van der Waals surface area contributed by atoms with Crippen LogP contribution in [0, 0.1) is 10.6 Å². The van der Waals surface area contributed by atoms with Crippen molar-refractivity contribution in [2.75, 3.05) is 0 Å². The predicted molar refractivity (Wildman–Crippen MR) is 58.6 cm³/mol. The van der Waals surface area contributed by atoms with Gasteiger partial charge in [0, 0.05) is 11.6 Å². The Morgan fingerprint density at radius 1 is 1.56 bits per heavy atom. The summed E-state index contributed by atoms with van der Waals surface area (Å²) in [6.07, 6.45) is -4.85. The summed E-state index contributed by atoms with van der Waals surface area (Å²) in [7, 11) is 0. The highest BCUT2D eigenvalue weighted by atomic mass is 127. The van der Waals surface area contributed by atoms with E-state index in [4.69, 9.17) is 11.6 Å². The van der Waals surface area contributed by atoms with Crippen LogP contribution >= 0.6 is 34.2 Å². The Kier molecular flexibility index (Phi) is 4.00. The lowest BCUT2D eigenvalue weighted by Crippen LogP contribution is -2.18. The van der Waals surface area contributed by atoms with Gasteiger partial charge in [-0.25, -0.2) is 4.98 Å². The fourth-order valence-electron chi connectivity index (χ4n) is 0.931. The lowest BCUT2D eigenvalue weighted by Gasteiger charge is -2.10. The van der Waals surface area contributed by atoms with Crippen molar-refractivity contribution >= 4 is 39.4 Å². The van der Waals surface area contributed by atoms with E-state index in [0.29, 0.717) is 5.56 Å². The molecule has 16 heavy (non-hydrogen) atoms. The molecule has 0 N–H and O–H groups in total. The average Bonchev–Trinajstić information content (AvgIpc) is 2.07. The molecule has 0 aromatic carbocycles. The van der Waals surface area contributed by atoms with Crippen LogP contribution in [0.4, 0.5) is 13.2 Å². The summed E-state index contributed by atoms with van der Waals surface area (Å²) in [5.74, 6) is -0.702. The molecule has 0 aliphatic heterocycles. The topological polar surface area (TPSA) is 39.2 Å². The van der Waals surface area contributed by atoms with Gasteiger partial charge < -0.3 is 4.74 Å². The van der Waals surface area contributed by atoms with E-state index in [1.54, 1.807) is 22.6 Å². The second-order valence-corrected chi connectivity index (χ2v) is 4.11. The molecule has 1 aromatic heterocycles. The molecule has 0 fully saturated rings. The van der Waals surface area contributed by atoms with Crippen molar-refractivity contribution < 1.29 is 22.7 Å². The number of aromatic nitrogens is 1. The molecule has 88 valence electrons. The highest BCUT2D eigenvalue weighted by Crippen LogP contribution is 2.26. The SMILES string of the molecule is Cc1c(C(=O)Cl)cc(OC(F)(F)F)nc1I. The molecule has 3 nitrogen and oxygen atoms in total. The number of ether oxygens (including phenoxy) is 1.